The Bertz CT molecular complexity index is 2580. The third-order valence-corrected chi connectivity index (χ3v) is 10.3. The molecule has 1 aromatic heterocycles. The number of aromatic nitrogens is 1. The second-order valence-corrected chi connectivity index (χ2v) is 14.1. The van der Waals surface area contributed by atoms with E-state index in [1.165, 1.54) is 79.1 Å². The van der Waals surface area contributed by atoms with Gasteiger partial charge in [-0.15, -0.1) is 0 Å². The fourth-order valence-electron chi connectivity index (χ4n) is 6.95. The van der Waals surface area contributed by atoms with Crippen LogP contribution in [0, 0.1) is 6.92 Å². The zero-order valence-electron chi connectivity index (χ0n) is 29.3. The lowest BCUT2D eigenvalue weighted by molar-refractivity contribution is -0.400. The van der Waals surface area contributed by atoms with Gasteiger partial charge in [0.15, 0.2) is 0 Å². The topological polar surface area (TPSA) is 65.1 Å². The predicted molar refractivity (Wildman–Crippen MR) is 212 cm³/mol. The zero-order valence-corrected chi connectivity index (χ0v) is 30.1. The quantitative estimate of drug-likeness (QED) is 0.128. The van der Waals surface area contributed by atoms with Gasteiger partial charge in [-0.25, -0.2) is 8.42 Å². The standard InChI is InChI=1S/C39H31N2.C7H8O3S/c1-40-35-24-14-12-22-32(35)33(38(40)29-18-8-4-9-19-29)27-26-31(28-16-6-3-7-17-28)37-34-23-13-15-25-36(34)41(2)39(37)30-20-10-5-11-21-30;1-6-2-4-7(5-3-6)11(8,9)10/h3-27H,1-2H3;2-5H,1H3,(H,8,9,10)/q+1;/p-1. The Labute approximate surface area is 305 Å². The number of fused-ring (bicyclic) bond motifs is 2. The van der Waals surface area contributed by atoms with Crippen LogP contribution >= 0.6 is 0 Å². The van der Waals surface area contributed by atoms with Crippen molar-refractivity contribution in [2.75, 3.05) is 7.05 Å². The number of allylic oxidation sites excluding steroid dienone is 3. The molecule has 2 heterocycles. The molecule has 1 aliphatic rings. The molecule has 0 radical (unpaired) electrons. The third kappa shape index (κ3) is 6.82. The summed E-state index contributed by atoms with van der Waals surface area (Å²) >= 11 is 0. The molecule has 256 valence electrons. The highest BCUT2D eigenvalue weighted by atomic mass is 32.2. The van der Waals surface area contributed by atoms with E-state index in [0.717, 1.165) is 5.56 Å². The van der Waals surface area contributed by atoms with Crippen LogP contribution in [0.15, 0.2) is 181 Å². The van der Waals surface area contributed by atoms with E-state index < -0.39 is 10.1 Å². The Morgan fingerprint density at radius 1 is 0.673 bits per heavy atom. The number of para-hydroxylation sites is 2. The molecule has 6 aromatic carbocycles. The summed E-state index contributed by atoms with van der Waals surface area (Å²) in [5.41, 5.74) is 14.3. The van der Waals surface area contributed by atoms with Crippen molar-refractivity contribution in [1.29, 1.82) is 0 Å². The first-order valence-electron chi connectivity index (χ1n) is 17.1. The Kier molecular flexibility index (Phi) is 9.68. The number of benzene rings is 6. The van der Waals surface area contributed by atoms with Crippen LogP contribution in [0.1, 0.15) is 27.8 Å². The van der Waals surface area contributed by atoms with Gasteiger partial charge in [0.2, 0.25) is 11.4 Å². The molecule has 0 fully saturated rings. The zero-order chi connectivity index (χ0) is 36.2. The van der Waals surface area contributed by atoms with Gasteiger partial charge in [0.25, 0.3) is 0 Å². The summed E-state index contributed by atoms with van der Waals surface area (Å²) in [7, 11) is 0.0784. The summed E-state index contributed by atoms with van der Waals surface area (Å²) in [5, 5.41) is 1.25. The number of hydrogen-bond donors (Lipinski definition) is 0. The van der Waals surface area contributed by atoms with Gasteiger partial charge in [-0.1, -0.05) is 133 Å². The van der Waals surface area contributed by atoms with E-state index in [1.807, 2.05) is 6.92 Å². The number of rotatable bonds is 6. The highest BCUT2D eigenvalue weighted by Gasteiger charge is 2.33. The van der Waals surface area contributed by atoms with Gasteiger partial charge in [0.1, 0.15) is 17.2 Å². The second-order valence-electron chi connectivity index (χ2n) is 12.8. The van der Waals surface area contributed by atoms with Crippen molar-refractivity contribution in [1.82, 2.24) is 4.57 Å². The maximum absolute atomic E-state index is 10.4. The number of hydrogen-bond acceptors (Lipinski definition) is 3. The van der Waals surface area contributed by atoms with E-state index in [0.29, 0.717) is 0 Å². The van der Waals surface area contributed by atoms with Crippen molar-refractivity contribution in [3.05, 3.63) is 204 Å². The molecule has 0 saturated heterocycles. The Morgan fingerprint density at radius 2 is 1.23 bits per heavy atom. The van der Waals surface area contributed by atoms with Crippen LogP contribution in [0.3, 0.4) is 0 Å². The van der Waals surface area contributed by atoms with Crippen molar-refractivity contribution < 1.29 is 17.5 Å². The molecule has 7 aromatic rings. The molecule has 8 rings (SSSR count). The van der Waals surface area contributed by atoms with E-state index in [1.54, 1.807) is 12.1 Å². The molecule has 0 amide bonds. The van der Waals surface area contributed by atoms with Crippen molar-refractivity contribution >= 4 is 43.6 Å². The summed E-state index contributed by atoms with van der Waals surface area (Å²) in [4.78, 5) is -0.178. The van der Waals surface area contributed by atoms with Gasteiger partial charge in [-0.3, -0.25) is 0 Å². The molecule has 52 heavy (non-hydrogen) atoms. The van der Waals surface area contributed by atoms with Crippen molar-refractivity contribution in [3.63, 3.8) is 0 Å². The summed E-state index contributed by atoms with van der Waals surface area (Å²) in [6, 6.07) is 55.5. The largest absolute Gasteiger partial charge is 0.744 e. The molecule has 0 saturated carbocycles. The maximum atomic E-state index is 10.4. The lowest BCUT2D eigenvalue weighted by Crippen LogP contribution is -2.09. The molecule has 0 N–H and O–H groups in total. The maximum Gasteiger partial charge on any atom is 0.220 e. The summed E-state index contributed by atoms with van der Waals surface area (Å²) in [5.74, 6) is 0. The fraction of sp³-hybridized carbons (Fsp3) is 0.0652. The number of nitrogens with zero attached hydrogens (tertiary/aromatic N) is 2. The van der Waals surface area contributed by atoms with E-state index >= 15 is 0 Å². The molecule has 6 heteroatoms. The van der Waals surface area contributed by atoms with E-state index in [-0.39, 0.29) is 4.90 Å². The SMILES string of the molecule is Cc1ccc(S(=O)(=O)[O-])cc1.Cn1c(-c2ccccc2)c(/C(=C/C=C2/C(c3ccccc3)=[N+](C)c3ccccc32)c2ccccc2)c2ccccc21. The Balaban J connectivity index is 0.000000329. The minimum Gasteiger partial charge on any atom is -0.744 e. The van der Waals surface area contributed by atoms with Gasteiger partial charge in [0, 0.05) is 35.1 Å². The monoisotopic (exact) mass is 698 g/mol. The van der Waals surface area contributed by atoms with Crippen molar-refractivity contribution in [3.8, 4) is 11.3 Å². The average molecular weight is 699 g/mol. The van der Waals surface area contributed by atoms with Crippen LogP contribution < -0.4 is 0 Å². The second kappa shape index (κ2) is 14.6. The summed E-state index contributed by atoms with van der Waals surface area (Å²) in [6.07, 6.45) is 4.65. The molecular weight excluding hydrogens is 661 g/mol. The van der Waals surface area contributed by atoms with Gasteiger partial charge >= 0.3 is 0 Å². The lowest BCUT2D eigenvalue weighted by atomic mass is 9.91. The van der Waals surface area contributed by atoms with Crippen LogP contribution in [-0.4, -0.2) is 34.9 Å². The number of aryl methyl sites for hydroxylation is 2. The first-order valence-corrected chi connectivity index (χ1v) is 18.5. The molecule has 0 unspecified atom stereocenters. The minimum absolute atomic E-state index is 0.178. The minimum atomic E-state index is -4.27. The van der Waals surface area contributed by atoms with E-state index in [9.17, 15) is 13.0 Å². The lowest BCUT2D eigenvalue weighted by Gasteiger charge is -2.13. The van der Waals surface area contributed by atoms with Crippen molar-refractivity contribution in [2.24, 2.45) is 7.05 Å². The highest BCUT2D eigenvalue weighted by Crippen LogP contribution is 2.41. The molecule has 0 atom stereocenters. The van der Waals surface area contributed by atoms with Crippen LogP contribution in [0.2, 0.25) is 0 Å². The molecule has 0 bridgehead atoms. The summed E-state index contributed by atoms with van der Waals surface area (Å²) in [6.45, 7) is 1.82. The van der Waals surface area contributed by atoms with Crippen LogP contribution in [0.25, 0.3) is 33.3 Å². The van der Waals surface area contributed by atoms with Crippen LogP contribution in [0.4, 0.5) is 5.69 Å². The van der Waals surface area contributed by atoms with E-state index in [4.69, 9.17) is 0 Å². The van der Waals surface area contributed by atoms with Gasteiger partial charge < -0.3 is 9.12 Å². The Morgan fingerprint density at radius 3 is 1.88 bits per heavy atom. The Hall–Kier alpha value is -6.08. The first-order chi connectivity index (χ1) is 25.2. The van der Waals surface area contributed by atoms with Crippen LogP contribution in [0.5, 0.6) is 0 Å². The highest BCUT2D eigenvalue weighted by molar-refractivity contribution is 7.85. The first kappa shape index (κ1) is 34.4. The van der Waals surface area contributed by atoms with Crippen LogP contribution in [-0.2, 0) is 17.2 Å². The summed E-state index contributed by atoms with van der Waals surface area (Å²) < 4.78 is 35.8. The smallest absolute Gasteiger partial charge is 0.220 e. The van der Waals surface area contributed by atoms with Gasteiger partial charge in [-0.2, -0.15) is 4.58 Å². The molecule has 5 nitrogen and oxygen atoms in total. The molecular formula is C46H38N2O3S. The average Bonchev–Trinajstić information content (AvgIpc) is 3.63. The fourth-order valence-corrected chi connectivity index (χ4v) is 7.42. The molecule has 1 aliphatic heterocycles. The molecule has 0 aliphatic carbocycles. The van der Waals surface area contributed by atoms with Gasteiger partial charge in [0.05, 0.1) is 21.7 Å². The normalized spacial score (nSPS) is 13.6. The van der Waals surface area contributed by atoms with E-state index in [2.05, 4.69) is 175 Å². The molecule has 0 spiro atoms. The predicted octanol–water partition coefficient (Wildman–Crippen LogP) is 10.0. The third-order valence-electron chi connectivity index (χ3n) is 9.43. The van der Waals surface area contributed by atoms with Gasteiger partial charge in [-0.05, 0) is 66.1 Å². The van der Waals surface area contributed by atoms with Crippen molar-refractivity contribution in [2.45, 2.75) is 11.8 Å².